The van der Waals surface area contributed by atoms with Crippen molar-refractivity contribution in [2.75, 3.05) is 20.5 Å². The Morgan fingerprint density at radius 3 is 2.32 bits per heavy atom. The summed E-state index contributed by atoms with van der Waals surface area (Å²) >= 11 is 0. The van der Waals surface area contributed by atoms with Gasteiger partial charge >= 0.3 is 0 Å². The molecule has 2 aromatic rings. The van der Waals surface area contributed by atoms with Gasteiger partial charge in [-0.25, -0.2) is 0 Å². The van der Waals surface area contributed by atoms with E-state index in [1.165, 1.54) is 0 Å². The molecule has 28 heavy (non-hydrogen) atoms. The Bertz CT molecular complexity index is 787. The molecule has 0 amide bonds. The third-order valence-corrected chi connectivity index (χ3v) is 4.17. The maximum absolute atomic E-state index is 5.84. The van der Waals surface area contributed by atoms with Crippen LogP contribution in [0.5, 0.6) is 11.5 Å². The van der Waals surface area contributed by atoms with Crippen molar-refractivity contribution in [1.29, 1.82) is 0 Å². The molecule has 0 aliphatic heterocycles. The summed E-state index contributed by atoms with van der Waals surface area (Å²) in [5, 5.41) is 3.93. The fraction of sp³-hybridized carbons (Fsp3) is 0.348. The first-order chi connectivity index (χ1) is 13.5. The molecule has 0 aliphatic carbocycles. The first-order valence-electron chi connectivity index (χ1n) is 9.28. The Hall–Kier alpha value is -2.79. The first kappa shape index (κ1) is 21.5. The number of benzene rings is 2. The molecule has 5 heteroatoms. The van der Waals surface area contributed by atoms with Crippen molar-refractivity contribution in [1.82, 2.24) is 0 Å². The molecule has 150 valence electrons. The van der Waals surface area contributed by atoms with Gasteiger partial charge in [-0.15, -0.1) is 0 Å². The minimum absolute atomic E-state index is 0.187. The first-order valence-corrected chi connectivity index (χ1v) is 9.28. The second-order valence-corrected chi connectivity index (χ2v) is 6.43. The van der Waals surface area contributed by atoms with Crippen LogP contribution < -0.4 is 9.47 Å². The topological polar surface area (TPSA) is 49.3 Å². The number of nitrogens with zero attached hydrogens (tertiary/aromatic N) is 1. The smallest absolute Gasteiger partial charge is 0.189 e. The van der Waals surface area contributed by atoms with E-state index < -0.39 is 0 Å². The molecule has 0 aliphatic rings. The van der Waals surface area contributed by atoms with Crippen LogP contribution in [0.15, 0.2) is 53.7 Å². The third kappa shape index (κ3) is 6.43. The molecule has 0 fully saturated rings. The van der Waals surface area contributed by atoms with Crippen LogP contribution in [0.3, 0.4) is 0 Å². The molecule has 0 atom stereocenters. The minimum Gasteiger partial charge on any atom is -0.490 e. The van der Waals surface area contributed by atoms with Crippen LogP contribution in [0, 0.1) is 13.8 Å². The minimum atomic E-state index is 0.187. The summed E-state index contributed by atoms with van der Waals surface area (Å²) in [6, 6.07) is 12.0. The lowest BCUT2D eigenvalue weighted by Crippen LogP contribution is -2.06. The summed E-state index contributed by atoms with van der Waals surface area (Å²) in [5.41, 5.74) is 4.97. The van der Waals surface area contributed by atoms with Crippen molar-refractivity contribution in [2.24, 2.45) is 5.16 Å². The van der Waals surface area contributed by atoms with Crippen molar-refractivity contribution in [3.63, 3.8) is 0 Å². The predicted molar refractivity (Wildman–Crippen MR) is 112 cm³/mol. The molecule has 5 nitrogen and oxygen atoms in total. The highest BCUT2D eigenvalue weighted by atomic mass is 16.7. The van der Waals surface area contributed by atoms with Gasteiger partial charge in [-0.2, -0.15) is 0 Å². The number of hydrogen-bond donors (Lipinski definition) is 0. The second-order valence-electron chi connectivity index (χ2n) is 6.43. The van der Waals surface area contributed by atoms with Gasteiger partial charge in [0.25, 0.3) is 0 Å². The quantitative estimate of drug-likeness (QED) is 0.186. The van der Waals surface area contributed by atoms with Crippen LogP contribution >= 0.6 is 0 Å². The Morgan fingerprint density at radius 1 is 1.04 bits per heavy atom. The summed E-state index contributed by atoms with van der Waals surface area (Å²) in [4.78, 5) is 4.80. The molecule has 0 bridgehead atoms. The van der Waals surface area contributed by atoms with Crippen LogP contribution in [-0.2, 0) is 16.2 Å². The van der Waals surface area contributed by atoms with E-state index in [4.69, 9.17) is 19.0 Å². The molecule has 0 heterocycles. The molecule has 0 N–H and O–H groups in total. The summed E-state index contributed by atoms with van der Waals surface area (Å²) in [7, 11) is 1.54. The molecule has 0 unspecified atom stereocenters. The summed E-state index contributed by atoms with van der Waals surface area (Å²) in [6.45, 7) is 9.12. The molecule has 2 rings (SSSR count). The Balaban J connectivity index is 1.85. The van der Waals surface area contributed by atoms with Gasteiger partial charge in [0, 0.05) is 0 Å². The lowest BCUT2D eigenvalue weighted by Gasteiger charge is -2.14. The van der Waals surface area contributed by atoms with Crippen LogP contribution in [0.25, 0.3) is 0 Å². The number of ether oxygens (including phenoxy) is 3. The normalized spacial score (nSPS) is 11.7. The molecule has 0 spiro atoms. The van der Waals surface area contributed by atoms with E-state index in [1.54, 1.807) is 7.11 Å². The standard InChI is InChI=1S/C23H29NO4/c1-6-7-12-27-22-13-17(2)23(18(3)14-22)28-16-26-15-20-8-10-21(11-9-20)19(4)24-25-5/h6-11,13-14H,12,15-16H2,1-5H3/b7-6+,24-19?. The van der Waals surface area contributed by atoms with Gasteiger partial charge in [-0.3, -0.25) is 0 Å². The van der Waals surface area contributed by atoms with Gasteiger partial charge in [-0.05, 0) is 62.1 Å². The Kier molecular flexibility index (Phi) is 8.56. The summed E-state index contributed by atoms with van der Waals surface area (Å²) in [6.07, 6.45) is 3.94. The highest BCUT2D eigenvalue weighted by molar-refractivity contribution is 5.98. The maximum atomic E-state index is 5.84. The van der Waals surface area contributed by atoms with E-state index in [0.29, 0.717) is 13.2 Å². The van der Waals surface area contributed by atoms with Crippen molar-refractivity contribution in [2.45, 2.75) is 34.3 Å². The summed E-state index contributed by atoms with van der Waals surface area (Å²) in [5.74, 6) is 1.67. The number of oxime groups is 1. The highest BCUT2D eigenvalue weighted by Gasteiger charge is 2.07. The van der Waals surface area contributed by atoms with Crippen LogP contribution in [-0.4, -0.2) is 26.2 Å². The van der Waals surface area contributed by atoms with E-state index in [-0.39, 0.29) is 6.79 Å². The molecule has 0 saturated heterocycles. The Labute approximate surface area is 167 Å². The largest absolute Gasteiger partial charge is 0.490 e. The second kappa shape index (κ2) is 11.1. The maximum Gasteiger partial charge on any atom is 0.189 e. The van der Waals surface area contributed by atoms with Crippen molar-refractivity contribution in [3.05, 3.63) is 70.8 Å². The number of hydrogen-bond acceptors (Lipinski definition) is 5. The van der Waals surface area contributed by atoms with Gasteiger partial charge in [0.05, 0.1) is 12.3 Å². The van der Waals surface area contributed by atoms with E-state index >= 15 is 0 Å². The predicted octanol–water partition coefficient (Wildman–Crippen LogP) is 5.18. The van der Waals surface area contributed by atoms with Gasteiger partial charge in [0.1, 0.15) is 25.2 Å². The van der Waals surface area contributed by atoms with E-state index in [1.807, 2.05) is 76.2 Å². The number of aryl methyl sites for hydroxylation is 2. The van der Waals surface area contributed by atoms with Crippen LogP contribution in [0.2, 0.25) is 0 Å². The van der Waals surface area contributed by atoms with Gasteiger partial charge in [0.2, 0.25) is 0 Å². The molecular weight excluding hydrogens is 354 g/mol. The lowest BCUT2D eigenvalue weighted by atomic mass is 10.1. The zero-order valence-corrected chi connectivity index (χ0v) is 17.3. The van der Waals surface area contributed by atoms with E-state index in [2.05, 4.69) is 5.16 Å². The zero-order chi connectivity index (χ0) is 20.4. The van der Waals surface area contributed by atoms with E-state index in [9.17, 15) is 0 Å². The fourth-order valence-electron chi connectivity index (χ4n) is 2.75. The van der Waals surface area contributed by atoms with E-state index in [0.717, 1.165) is 39.5 Å². The number of rotatable bonds is 10. The van der Waals surface area contributed by atoms with Crippen molar-refractivity contribution >= 4 is 5.71 Å². The Morgan fingerprint density at radius 2 is 1.71 bits per heavy atom. The van der Waals surface area contributed by atoms with Gasteiger partial charge in [-0.1, -0.05) is 41.6 Å². The van der Waals surface area contributed by atoms with Gasteiger partial charge in [0.15, 0.2) is 6.79 Å². The highest BCUT2D eigenvalue weighted by Crippen LogP contribution is 2.28. The van der Waals surface area contributed by atoms with Crippen LogP contribution in [0.4, 0.5) is 0 Å². The molecule has 0 saturated carbocycles. The SMILES string of the molecule is C/C=C/COc1cc(C)c(OCOCc2ccc(C(C)=NOC)cc2)c(C)c1. The monoisotopic (exact) mass is 383 g/mol. The van der Waals surface area contributed by atoms with Gasteiger partial charge < -0.3 is 19.0 Å². The molecular formula is C23H29NO4. The molecule has 0 radical (unpaired) electrons. The van der Waals surface area contributed by atoms with Crippen LogP contribution in [0.1, 0.15) is 36.1 Å². The molecule has 2 aromatic carbocycles. The van der Waals surface area contributed by atoms with Crippen molar-refractivity contribution in [3.8, 4) is 11.5 Å². The van der Waals surface area contributed by atoms with Crippen molar-refractivity contribution < 1.29 is 19.0 Å². The average molecular weight is 383 g/mol. The lowest BCUT2D eigenvalue weighted by molar-refractivity contribution is 0.00428. The molecule has 0 aromatic heterocycles. The third-order valence-electron chi connectivity index (χ3n) is 4.17. The average Bonchev–Trinajstić information content (AvgIpc) is 2.67. The zero-order valence-electron chi connectivity index (χ0n) is 17.3. The number of allylic oxidation sites excluding steroid dienone is 1. The summed E-state index contributed by atoms with van der Waals surface area (Å²) < 4.78 is 17.2. The fourth-order valence-corrected chi connectivity index (χ4v) is 2.75.